The van der Waals surface area contributed by atoms with E-state index in [4.69, 9.17) is 4.55 Å². The van der Waals surface area contributed by atoms with Gasteiger partial charge in [-0.25, -0.2) is 0 Å². The minimum Gasteiger partial charge on any atom is -0.544 e. The standard InChI is InChI=1S/C5H11NO2.C3H8O3S2/c1-6(2,3)4-5(7)8;1-2-3(7)8(4,5)6/h4H2,1-3H3;3,7H,2H2,1H3,(H,4,5,6). The fourth-order valence-corrected chi connectivity index (χ4v) is 1.02. The van der Waals surface area contributed by atoms with E-state index in [1.807, 2.05) is 0 Å². The number of rotatable bonds is 4. The van der Waals surface area contributed by atoms with Gasteiger partial charge in [0.1, 0.15) is 11.1 Å². The van der Waals surface area contributed by atoms with Crippen LogP contribution in [0.4, 0.5) is 0 Å². The first kappa shape index (κ1) is 18.1. The van der Waals surface area contributed by atoms with Crippen molar-refractivity contribution in [1.29, 1.82) is 0 Å². The molecule has 0 saturated carbocycles. The summed E-state index contributed by atoms with van der Waals surface area (Å²) in [5.41, 5.74) is 0. The number of nitrogens with zero attached hydrogens (tertiary/aromatic N) is 1. The minimum absolute atomic E-state index is 0.0694. The number of carboxylic acid groups (broad SMARTS) is 1. The average Bonchev–Trinajstić information content (AvgIpc) is 1.97. The third-order valence-corrected chi connectivity index (χ3v) is 3.48. The molecule has 0 aromatic carbocycles. The van der Waals surface area contributed by atoms with Crippen molar-refractivity contribution in [3.8, 4) is 0 Å². The molecule has 8 heteroatoms. The number of hydrogen-bond acceptors (Lipinski definition) is 5. The Kier molecular flexibility index (Phi) is 8.02. The molecule has 0 fully saturated rings. The summed E-state index contributed by atoms with van der Waals surface area (Å²) < 4.78 is 27.8. The second kappa shape index (κ2) is 7.10. The molecule has 1 N–H and O–H groups in total. The van der Waals surface area contributed by atoms with Crippen LogP contribution in [0.2, 0.25) is 0 Å². The van der Waals surface area contributed by atoms with Gasteiger partial charge in [0.2, 0.25) is 0 Å². The molecule has 0 bridgehead atoms. The van der Waals surface area contributed by atoms with Crippen molar-refractivity contribution < 1.29 is 27.4 Å². The highest BCUT2D eigenvalue weighted by molar-refractivity contribution is 8.01. The molecule has 0 aromatic rings. The van der Waals surface area contributed by atoms with Crippen molar-refractivity contribution in [1.82, 2.24) is 0 Å². The number of thiol groups is 1. The van der Waals surface area contributed by atoms with E-state index in [0.717, 1.165) is 0 Å². The predicted octanol–water partition coefficient (Wildman–Crippen LogP) is -1.02. The smallest absolute Gasteiger partial charge is 0.276 e. The minimum atomic E-state index is -3.89. The maximum Gasteiger partial charge on any atom is 0.276 e. The van der Waals surface area contributed by atoms with Crippen molar-refractivity contribution >= 4 is 28.7 Å². The predicted molar refractivity (Wildman–Crippen MR) is 62.5 cm³/mol. The summed E-state index contributed by atoms with van der Waals surface area (Å²) in [6.45, 7) is 1.70. The molecule has 0 aliphatic heterocycles. The zero-order valence-corrected chi connectivity index (χ0v) is 11.6. The fraction of sp³-hybridized carbons (Fsp3) is 0.875. The Hall–Kier alpha value is -0.310. The van der Waals surface area contributed by atoms with Crippen molar-refractivity contribution in [2.24, 2.45) is 0 Å². The Morgan fingerprint density at radius 1 is 1.44 bits per heavy atom. The molecular weight excluding hydrogens is 254 g/mol. The second-order valence-corrected chi connectivity index (χ2v) is 6.77. The van der Waals surface area contributed by atoms with Gasteiger partial charge >= 0.3 is 0 Å². The first-order valence-electron chi connectivity index (χ1n) is 4.54. The molecule has 1 atom stereocenters. The first-order chi connectivity index (χ1) is 6.90. The molecule has 6 nitrogen and oxygen atoms in total. The summed E-state index contributed by atoms with van der Waals surface area (Å²) in [6.07, 6.45) is 0.321. The number of aliphatic carboxylic acids is 1. The lowest BCUT2D eigenvalue weighted by Crippen LogP contribution is -2.45. The molecule has 0 saturated heterocycles. The molecule has 0 aromatic heterocycles. The van der Waals surface area contributed by atoms with Crippen LogP contribution in [0, 0.1) is 0 Å². The summed E-state index contributed by atoms with van der Waals surface area (Å²) in [7, 11) is 1.52. The monoisotopic (exact) mass is 273 g/mol. The van der Waals surface area contributed by atoms with Crippen molar-refractivity contribution in [3.63, 3.8) is 0 Å². The normalized spacial score (nSPS) is 13.6. The van der Waals surface area contributed by atoms with Crippen LogP contribution in [0.25, 0.3) is 0 Å². The lowest BCUT2D eigenvalue weighted by Gasteiger charge is -2.23. The molecule has 98 valence electrons. The SMILES string of the molecule is CCC(S)S(=O)(=O)O.C[N+](C)(C)CC(=O)[O-]. The van der Waals surface area contributed by atoms with E-state index in [2.05, 4.69) is 12.6 Å². The van der Waals surface area contributed by atoms with E-state index < -0.39 is 20.7 Å². The summed E-state index contributed by atoms with van der Waals surface area (Å²) in [4.78, 5) is 9.89. The van der Waals surface area contributed by atoms with E-state index in [9.17, 15) is 18.3 Å². The highest BCUT2D eigenvalue weighted by Crippen LogP contribution is 2.06. The number of hydrogen-bond donors (Lipinski definition) is 2. The third kappa shape index (κ3) is 13.7. The first-order valence-corrected chi connectivity index (χ1v) is 6.56. The molecule has 0 heterocycles. The molecule has 0 aliphatic carbocycles. The van der Waals surface area contributed by atoms with Crippen LogP contribution in [-0.2, 0) is 14.9 Å². The van der Waals surface area contributed by atoms with E-state index in [1.54, 1.807) is 28.1 Å². The van der Waals surface area contributed by atoms with E-state index in [0.29, 0.717) is 10.9 Å². The van der Waals surface area contributed by atoms with Crippen LogP contribution in [0.1, 0.15) is 13.3 Å². The van der Waals surface area contributed by atoms with Crippen molar-refractivity contribution in [2.75, 3.05) is 27.7 Å². The lowest BCUT2D eigenvalue weighted by molar-refractivity contribution is -0.864. The molecule has 0 radical (unpaired) electrons. The van der Waals surface area contributed by atoms with Gasteiger partial charge in [0.05, 0.1) is 27.1 Å². The van der Waals surface area contributed by atoms with Gasteiger partial charge in [0, 0.05) is 0 Å². The summed E-state index contributed by atoms with van der Waals surface area (Å²) in [5.74, 6) is -1.00. The number of likely N-dealkylation sites (N-methyl/N-ethyl adjacent to an activating group) is 1. The van der Waals surface area contributed by atoms with Gasteiger partial charge in [-0.1, -0.05) is 6.92 Å². The molecule has 0 aliphatic rings. The quantitative estimate of drug-likeness (QED) is 0.388. The zero-order valence-electron chi connectivity index (χ0n) is 9.87. The Morgan fingerprint density at radius 2 is 1.81 bits per heavy atom. The number of carboxylic acids is 1. The van der Waals surface area contributed by atoms with Crippen LogP contribution in [-0.4, -0.2) is 55.7 Å². The number of quaternary nitrogens is 1. The van der Waals surface area contributed by atoms with E-state index in [1.165, 1.54) is 0 Å². The lowest BCUT2D eigenvalue weighted by atomic mass is 10.5. The van der Waals surface area contributed by atoms with Crippen LogP contribution in [0.5, 0.6) is 0 Å². The topological polar surface area (TPSA) is 94.5 Å². The van der Waals surface area contributed by atoms with Crippen LogP contribution < -0.4 is 5.11 Å². The van der Waals surface area contributed by atoms with Gasteiger partial charge in [0.25, 0.3) is 10.1 Å². The highest BCUT2D eigenvalue weighted by atomic mass is 32.3. The summed E-state index contributed by atoms with van der Waals surface area (Å²) in [6, 6.07) is 0. The molecule has 0 amide bonds. The van der Waals surface area contributed by atoms with Gasteiger partial charge < -0.3 is 14.4 Å². The van der Waals surface area contributed by atoms with Gasteiger partial charge in [-0.15, -0.1) is 0 Å². The maximum atomic E-state index is 10.0. The highest BCUT2D eigenvalue weighted by Gasteiger charge is 2.14. The third-order valence-electron chi connectivity index (χ3n) is 1.30. The average molecular weight is 273 g/mol. The van der Waals surface area contributed by atoms with Crippen LogP contribution >= 0.6 is 12.6 Å². The van der Waals surface area contributed by atoms with Crippen LogP contribution in [0.3, 0.4) is 0 Å². The van der Waals surface area contributed by atoms with Crippen molar-refractivity contribution in [3.05, 3.63) is 0 Å². The van der Waals surface area contributed by atoms with Crippen molar-refractivity contribution in [2.45, 2.75) is 17.9 Å². The summed E-state index contributed by atoms with van der Waals surface area (Å²) >= 11 is 3.57. The van der Waals surface area contributed by atoms with E-state index in [-0.39, 0.29) is 6.54 Å². The Bertz CT molecular complexity index is 307. The summed E-state index contributed by atoms with van der Waals surface area (Å²) in [5, 5.41) is 9.89. The maximum absolute atomic E-state index is 10.0. The molecule has 16 heavy (non-hydrogen) atoms. The van der Waals surface area contributed by atoms with Gasteiger partial charge in [-0.05, 0) is 6.42 Å². The molecule has 0 rings (SSSR count). The Morgan fingerprint density at radius 3 is 1.81 bits per heavy atom. The molecule has 1 unspecified atom stereocenters. The molecular formula is C8H19NO5S2. The number of carbonyl (C=O) groups excluding carboxylic acids is 1. The van der Waals surface area contributed by atoms with Crippen LogP contribution in [0.15, 0.2) is 0 Å². The Labute approximate surface area is 102 Å². The van der Waals surface area contributed by atoms with Gasteiger partial charge in [-0.2, -0.15) is 21.0 Å². The zero-order chi connectivity index (χ0) is 13.6. The largest absolute Gasteiger partial charge is 0.544 e. The fourth-order valence-electron chi connectivity index (χ4n) is 0.598. The van der Waals surface area contributed by atoms with Gasteiger partial charge in [0.15, 0.2) is 0 Å². The second-order valence-electron chi connectivity index (χ2n) is 4.20. The van der Waals surface area contributed by atoms with Gasteiger partial charge in [-0.3, -0.25) is 4.55 Å². The number of carbonyl (C=O) groups is 1. The Balaban J connectivity index is 0. The molecule has 0 spiro atoms. The van der Waals surface area contributed by atoms with E-state index >= 15 is 0 Å².